The van der Waals surface area contributed by atoms with E-state index in [-0.39, 0.29) is 17.3 Å². The van der Waals surface area contributed by atoms with E-state index in [1.807, 2.05) is 26.0 Å². The molecule has 0 radical (unpaired) electrons. The lowest BCUT2D eigenvalue weighted by molar-refractivity contribution is -0.119. The quantitative estimate of drug-likeness (QED) is 0.366. The Bertz CT molecular complexity index is 1230. The number of nitrogens with one attached hydrogen (secondary N) is 1. The van der Waals surface area contributed by atoms with Gasteiger partial charge in [-0.2, -0.15) is 11.8 Å². The summed E-state index contributed by atoms with van der Waals surface area (Å²) in [6.07, 6.45) is 0. The van der Waals surface area contributed by atoms with Gasteiger partial charge in [-0.15, -0.1) is 0 Å². The lowest BCUT2D eigenvalue weighted by Crippen LogP contribution is -2.41. The smallest absolute Gasteiger partial charge is 0.264 e. The molecule has 34 heavy (non-hydrogen) atoms. The molecule has 3 aromatic carbocycles. The number of carbonyl (C=O) groups is 1. The first-order valence-electron chi connectivity index (χ1n) is 10.6. The fourth-order valence-electron chi connectivity index (χ4n) is 3.40. The largest absolute Gasteiger partial charge is 0.354 e. The first-order valence-corrected chi connectivity index (χ1v) is 13.6. The fraction of sp³-hybridized carbons (Fsp3) is 0.240. The molecule has 0 aliphatic heterocycles. The average molecular weight is 521 g/mol. The first kappa shape index (κ1) is 26.1. The maximum atomic E-state index is 13.9. The molecule has 3 aromatic rings. The van der Waals surface area contributed by atoms with Gasteiger partial charge in [0.15, 0.2) is 0 Å². The van der Waals surface area contributed by atoms with Crippen molar-refractivity contribution in [2.75, 3.05) is 23.1 Å². The number of anilines is 1. The zero-order valence-corrected chi connectivity index (χ0v) is 21.3. The number of thioether (sulfide) groups is 1. The number of rotatable bonds is 10. The van der Waals surface area contributed by atoms with E-state index in [2.05, 4.69) is 5.32 Å². The summed E-state index contributed by atoms with van der Waals surface area (Å²) in [5.74, 6) is 0.104. The Hall–Kier alpha value is -2.55. The Balaban J connectivity index is 1.67. The Kier molecular flexibility index (Phi) is 8.99. The Morgan fingerprint density at radius 2 is 1.79 bits per heavy atom. The highest BCUT2D eigenvalue weighted by Crippen LogP contribution is 2.27. The molecule has 0 aliphatic carbocycles. The Labute approximate surface area is 209 Å². The lowest BCUT2D eigenvalue weighted by atomic mass is 10.1. The van der Waals surface area contributed by atoms with Crippen molar-refractivity contribution in [3.05, 3.63) is 94.3 Å². The molecule has 5 nitrogen and oxygen atoms in total. The minimum absolute atomic E-state index is 0.111. The van der Waals surface area contributed by atoms with Crippen molar-refractivity contribution >= 4 is 45.0 Å². The number of sulfonamides is 1. The second-order valence-corrected chi connectivity index (χ2v) is 11.1. The summed E-state index contributed by atoms with van der Waals surface area (Å²) < 4.78 is 41.8. The van der Waals surface area contributed by atoms with E-state index in [4.69, 9.17) is 11.6 Å². The highest BCUT2D eigenvalue weighted by atomic mass is 35.5. The van der Waals surface area contributed by atoms with Gasteiger partial charge in [0, 0.05) is 28.6 Å². The highest BCUT2D eigenvalue weighted by Gasteiger charge is 2.28. The number of hydrogen-bond donors (Lipinski definition) is 1. The SMILES string of the molecule is Cc1ccc(N(CC(=O)NCCSCc2c(F)cccc2Cl)S(=O)(=O)c2ccccc2)c(C)c1. The minimum atomic E-state index is -3.95. The molecule has 0 atom stereocenters. The van der Waals surface area contributed by atoms with Crippen molar-refractivity contribution in [1.29, 1.82) is 0 Å². The standard InChI is InChI=1S/C25H26ClFN2O3S2/c1-18-11-12-24(19(2)15-18)29(34(31,32)20-7-4-3-5-8-20)16-25(30)28-13-14-33-17-21-22(26)9-6-10-23(21)27/h3-12,15H,13-14,16-17H2,1-2H3,(H,28,30). The molecule has 3 rings (SSSR count). The maximum Gasteiger partial charge on any atom is 0.264 e. The first-order chi connectivity index (χ1) is 16.2. The summed E-state index contributed by atoms with van der Waals surface area (Å²) in [4.78, 5) is 12.8. The second-order valence-electron chi connectivity index (χ2n) is 7.72. The molecular formula is C25H26ClFN2O3S2. The van der Waals surface area contributed by atoms with Gasteiger partial charge in [-0.1, -0.05) is 53.6 Å². The van der Waals surface area contributed by atoms with Crippen LogP contribution in [0, 0.1) is 19.7 Å². The minimum Gasteiger partial charge on any atom is -0.354 e. The molecule has 0 unspecified atom stereocenters. The molecule has 0 fully saturated rings. The van der Waals surface area contributed by atoms with Gasteiger partial charge < -0.3 is 5.32 Å². The number of aryl methyl sites for hydroxylation is 2. The molecular weight excluding hydrogens is 495 g/mol. The summed E-state index contributed by atoms with van der Waals surface area (Å²) in [7, 11) is -3.95. The molecule has 0 heterocycles. The Morgan fingerprint density at radius 3 is 2.47 bits per heavy atom. The number of halogens is 2. The number of hydrogen-bond acceptors (Lipinski definition) is 4. The third-order valence-electron chi connectivity index (χ3n) is 5.12. The van der Waals surface area contributed by atoms with Crippen molar-refractivity contribution in [2.45, 2.75) is 24.5 Å². The average Bonchev–Trinajstić information content (AvgIpc) is 2.80. The summed E-state index contributed by atoms with van der Waals surface area (Å²) in [6.45, 7) is 3.69. The van der Waals surface area contributed by atoms with Crippen molar-refractivity contribution in [2.24, 2.45) is 0 Å². The van der Waals surface area contributed by atoms with Crippen LogP contribution in [0.4, 0.5) is 10.1 Å². The fourth-order valence-corrected chi connectivity index (χ4v) is 6.10. The molecule has 1 N–H and O–H groups in total. The summed E-state index contributed by atoms with van der Waals surface area (Å²) in [6, 6.07) is 18.0. The zero-order valence-electron chi connectivity index (χ0n) is 18.9. The van der Waals surface area contributed by atoms with Crippen LogP contribution in [-0.2, 0) is 20.6 Å². The van der Waals surface area contributed by atoms with E-state index in [0.717, 1.165) is 15.4 Å². The molecule has 0 spiro atoms. The Morgan fingerprint density at radius 1 is 1.06 bits per heavy atom. The third-order valence-corrected chi connectivity index (χ3v) is 8.23. The summed E-state index contributed by atoms with van der Waals surface area (Å²) in [5, 5.41) is 3.13. The lowest BCUT2D eigenvalue weighted by Gasteiger charge is -2.26. The van der Waals surface area contributed by atoms with Crippen LogP contribution in [-0.4, -0.2) is 33.2 Å². The van der Waals surface area contributed by atoms with Gasteiger partial charge in [0.2, 0.25) is 5.91 Å². The molecule has 1 amide bonds. The monoisotopic (exact) mass is 520 g/mol. The summed E-state index contributed by atoms with van der Waals surface area (Å²) in [5.41, 5.74) is 2.63. The number of benzene rings is 3. The van der Waals surface area contributed by atoms with Crippen LogP contribution in [0.5, 0.6) is 0 Å². The van der Waals surface area contributed by atoms with Gasteiger partial charge in [0.1, 0.15) is 12.4 Å². The van der Waals surface area contributed by atoms with Crippen LogP contribution < -0.4 is 9.62 Å². The highest BCUT2D eigenvalue weighted by molar-refractivity contribution is 7.98. The third kappa shape index (κ3) is 6.52. The van der Waals surface area contributed by atoms with Gasteiger partial charge in [0.05, 0.1) is 10.6 Å². The van der Waals surface area contributed by atoms with Crippen LogP contribution in [0.1, 0.15) is 16.7 Å². The van der Waals surface area contributed by atoms with E-state index in [1.54, 1.807) is 36.4 Å². The van der Waals surface area contributed by atoms with E-state index >= 15 is 0 Å². The number of amides is 1. The van der Waals surface area contributed by atoms with Crippen LogP contribution in [0.3, 0.4) is 0 Å². The number of nitrogens with zero attached hydrogens (tertiary/aromatic N) is 1. The molecule has 0 saturated carbocycles. The predicted octanol–water partition coefficient (Wildman–Crippen LogP) is 5.34. The van der Waals surface area contributed by atoms with Crippen molar-refractivity contribution in [1.82, 2.24) is 5.32 Å². The van der Waals surface area contributed by atoms with Crippen molar-refractivity contribution < 1.29 is 17.6 Å². The van der Waals surface area contributed by atoms with Crippen molar-refractivity contribution in [3.63, 3.8) is 0 Å². The van der Waals surface area contributed by atoms with Gasteiger partial charge in [-0.05, 0) is 49.7 Å². The molecule has 0 bridgehead atoms. The van der Waals surface area contributed by atoms with Crippen molar-refractivity contribution in [3.8, 4) is 0 Å². The van der Waals surface area contributed by atoms with Crippen LogP contribution in [0.15, 0.2) is 71.6 Å². The molecule has 0 saturated heterocycles. The number of carbonyl (C=O) groups excluding carboxylic acids is 1. The van der Waals surface area contributed by atoms with E-state index < -0.39 is 15.9 Å². The normalized spacial score (nSPS) is 11.3. The second kappa shape index (κ2) is 11.7. The summed E-state index contributed by atoms with van der Waals surface area (Å²) >= 11 is 7.47. The van der Waals surface area contributed by atoms with Crippen LogP contribution in [0.2, 0.25) is 5.02 Å². The van der Waals surface area contributed by atoms with E-state index in [1.165, 1.54) is 30.0 Å². The van der Waals surface area contributed by atoms with Gasteiger partial charge in [-0.25, -0.2) is 12.8 Å². The van der Waals surface area contributed by atoms with Gasteiger partial charge in [-0.3, -0.25) is 9.10 Å². The predicted molar refractivity (Wildman–Crippen MR) is 137 cm³/mol. The van der Waals surface area contributed by atoms with Crippen LogP contribution in [0.25, 0.3) is 0 Å². The van der Waals surface area contributed by atoms with E-state index in [9.17, 15) is 17.6 Å². The molecule has 0 aromatic heterocycles. The molecule has 0 aliphatic rings. The van der Waals surface area contributed by atoms with Gasteiger partial charge in [0.25, 0.3) is 10.0 Å². The maximum absolute atomic E-state index is 13.9. The zero-order chi connectivity index (χ0) is 24.7. The topological polar surface area (TPSA) is 66.5 Å². The molecule has 9 heteroatoms. The van der Waals surface area contributed by atoms with Crippen LogP contribution >= 0.6 is 23.4 Å². The molecule has 180 valence electrons. The van der Waals surface area contributed by atoms with E-state index in [0.29, 0.717) is 34.3 Å². The van der Waals surface area contributed by atoms with Gasteiger partial charge >= 0.3 is 0 Å².